The molecule has 0 aliphatic rings. The summed E-state index contributed by atoms with van der Waals surface area (Å²) >= 11 is 0. The van der Waals surface area contributed by atoms with Gasteiger partial charge in [0, 0.05) is 18.8 Å². The van der Waals surface area contributed by atoms with E-state index in [1.165, 1.54) is 0 Å². The van der Waals surface area contributed by atoms with Crippen LogP contribution in [0.2, 0.25) is 0 Å². The molecule has 2 aromatic rings. The lowest BCUT2D eigenvalue weighted by molar-refractivity contribution is -0.134. The van der Waals surface area contributed by atoms with E-state index >= 15 is 0 Å². The third kappa shape index (κ3) is 2.12. The van der Waals surface area contributed by atoms with Crippen molar-refractivity contribution in [2.45, 2.75) is 19.8 Å². The van der Waals surface area contributed by atoms with Crippen LogP contribution in [0.1, 0.15) is 19.8 Å². The number of esters is 1. The molecule has 78 valence electrons. The fourth-order valence-corrected chi connectivity index (χ4v) is 1.23. The highest BCUT2D eigenvalue weighted by atomic mass is 16.5. The van der Waals surface area contributed by atoms with E-state index in [0.29, 0.717) is 18.1 Å². The summed E-state index contributed by atoms with van der Waals surface area (Å²) in [6, 6.07) is 1.78. The number of rotatable bonds is 3. The van der Waals surface area contributed by atoms with E-state index in [2.05, 4.69) is 9.97 Å². The molecule has 0 amide bonds. The Bertz CT molecular complexity index is 445. The molecule has 2 aromatic heterocycles. The van der Waals surface area contributed by atoms with Crippen molar-refractivity contribution in [3.05, 3.63) is 24.7 Å². The zero-order valence-electron chi connectivity index (χ0n) is 8.38. The van der Waals surface area contributed by atoms with Gasteiger partial charge in [-0.2, -0.15) is 4.98 Å². The Morgan fingerprint density at radius 3 is 3.20 bits per heavy atom. The lowest BCUT2D eigenvalue weighted by Gasteiger charge is -1.96. The topological polar surface area (TPSA) is 56.5 Å². The molecule has 15 heavy (non-hydrogen) atoms. The molecule has 0 saturated heterocycles. The normalized spacial score (nSPS) is 10.5. The van der Waals surface area contributed by atoms with Crippen molar-refractivity contribution in [1.82, 2.24) is 14.4 Å². The highest BCUT2D eigenvalue weighted by Crippen LogP contribution is 2.10. The van der Waals surface area contributed by atoms with Crippen molar-refractivity contribution >= 4 is 11.7 Å². The molecule has 0 saturated carbocycles. The van der Waals surface area contributed by atoms with Gasteiger partial charge in [0.15, 0.2) is 0 Å². The van der Waals surface area contributed by atoms with Crippen LogP contribution in [0.3, 0.4) is 0 Å². The highest BCUT2D eigenvalue weighted by Gasteiger charge is 2.07. The van der Waals surface area contributed by atoms with Crippen molar-refractivity contribution in [3.63, 3.8) is 0 Å². The van der Waals surface area contributed by atoms with Crippen LogP contribution in [0.25, 0.3) is 5.78 Å². The van der Waals surface area contributed by atoms with Crippen molar-refractivity contribution in [2.75, 3.05) is 0 Å². The first-order valence-electron chi connectivity index (χ1n) is 4.80. The lowest BCUT2D eigenvalue weighted by Crippen LogP contribution is -2.06. The Morgan fingerprint density at radius 1 is 1.60 bits per heavy atom. The first kappa shape index (κ1) is 9.64. The number of fused-ring (bicyclic) bond motifs is 1. The summed E-state index contributed by atoms with van der Waals surface area (Å²) in [6.07, 6.45) is 6.24. The predicted octanol–water partition coefficient (Wildman–Crippen LogP) is 1.43. The zero-order valence-corrected chi connectivity index (χ0v) is 8.38. The Kier molecular flexibility index (Phi) is 2.62. The minimum atomic E-state index is -0.263. The van der Waals surface area contributed by atoms with Crippen LogP contribution in [-0.4, -0.2) is 20.3 Å². The van der Waals surface area contributed by atoms with Gasteiger partial charge >= 0.3 is 5.97 Å². The fourth-order valence-electron chi connectivity index (χ4n) is 1.23. The number of hydrogen-bond donors (Lipinski definition) is 0. The van der Waals surface area contributed by atoms with Gasteiger partial charge in [-0.3, -0.25) is 9.20 Å². The Labute approximate surface area is 86.7 Å². The van der Waals surface area contributed by atoms with E-state index in [0.717, 1.165) is 6.42 Å². The number of carbonyl (C=O) groups is 1. The minimum Gasteiger partial charge on any atom is -0.406 e. The monoisotopic (exact) mass is 205 g/mol. The molecule has 2 heterocycles. The van der Waals surface area contributed by atoms with Crippen LogP contribution >= 0.6 is 0 Å². The van der Waals surface area contributed by atoms with E-state index in [9.17, 15) is 4.79 Å². The smallest absolute Gasteiger partial charge is 0.312 e. The maximum Gasteiger partial charge on any atom is 0.312 e. The van der Waals surface area contributed by atoms with Crippen LogP contribution < -0.4 is 4.74 Å². The van der Waals surface area contributed by atoms with Crippen LogP contribution in [0.4, 0.5) is 0 Å². The van der Waals surface area contributed by atoms with E-state index in [4.69, 9.17) is 4.74 Å². The molecular weight excluding hydrogens is 194 g/mol. The summed E-state index contributed by atoms with van der Waals surface area (Å²) in [5.41, 5.74) is 0. The average molecular weight is 205 g/mol. The molecule has 0 radical (unpaired) electrons. The summed E-state index contributed by atoms with van der Waals surface area (Å²) < 4.78 is 6.73. The molecular formula is C10H11N3O2. The molecule has 0 atom stereocenters. The molecule has 0 bridgehead atoms. The van der Waals surface area contributed by atoms with Gasteiger partial charge in [0.25, 0.3) is 0 Å². The standard InChI is InChI=1S/C10H11N3O2/c1-2-4-9(14)15-8-7-13-6-3-5-11-10(13)12-8/h3,5-7H,2,4H2,1H3. The maximum absolute atomic E-state index is 11.2. The summed E-state index contributed by atoms with van der Waals surface area (Å²) in [4.78, 5) is 19.3. The molecule has 0 spiro atoms. The maximum atomic E-state index is 11.2. The van der Waals surface area contributed by atoms with Gasteiger partial charge in [-0.05, 0) is 12.5 Å². The second kappa shape index (κ2) is 4.08. The van der Waals surface area contributed by atoms with Crippen molar-refractivity contribution in [3.8, 4) is 5.88 Å². The molecule has 0 aliphatic carbocycles. The summed E-state index contributed by atoms with van der Waals surface area (Å²) in [7, 11) is 0. The molecule has 0 aromatic carbocycles. The van der Waals surface area contributed by atoms with Crippen molar-refractivity contribution in [2.24, 2.45) is 0 Å². The Hall–Kier alpha value is -1.91. The van der Waals surface area contributed by atoms with E-state index in [1.54, 1.807) is 29.1 Å². The van der Waals surface area contributed by atoms with Crippen molar-refractivity contribution < 1.29 is 9.53 Å². The molecule has 0 N–H and O–H groups in total. The molecule has 0 fully saturated rings. The largest absolute Gasteiger partial charge is 0.406 e. The van der Waals surface area contributed by atoms with Gasteiger partial charge < -0.3 is 4.74 Å². The third-order valence-electron chi connectivity index (χ3n) is 1.89. The van der Waals surface area contributed by atoms with E-state index in [1.807, 2.05) is 6.92 Å². The van der Waals surface area contributed by atoms with E-state index < -0.39 is 0 Å². The number of ether oxygens (including phenoxy) is 1. The van der Waals surface area contributed by atoms with Crippen LogP contribution in [0, 0.1) is 0 Å². The van der Waals surface area contributed by atoms with E-state index in [-0.39, 0.29) is 5.97 Å². The van der Waals surface area contributed by atoms with Gasteiger partial charge in [-0.25, -0.2) is 4.98 Å². The number of nitrogens with zero attached hydrogens (tertiary/aromatic N) is 3. The van der Waals surface area contributed by atoms with Crippen LogP contribution in [0.15, 0.2) is 24.7 Å². The van der Waals surface area contributed by atoms with Gasteiger partial charge in [0.2, 0.25) is 11.7 Å². The zero-order chi connectivity index (χ0) is 10.7. The highest BCUT2D eigenvalue weighted by molar-refractivity contribution is 5.71. The van der Waals surface area contributed by atoms with Crippen molar-refractivity contribution in [1.29, 1.82) is 0 Å². The lowest BCUT2D eigenvalue weighted by atomic mass is 10.3. The number of carbonyl (C=O) groups excluding carboxylic acids is 1. The fraction of sp³-hybridized carbons (Fsp3) is 0.300. The molecule has 0 aliphatic heterocycles. The number of hydrogen-bond acceptors (Lipinski definition) is 4. The SMILES string of the molecule is CCCC(=O)Oc1cn2cccnc2n1. The minimum absolute atomic E-state index is 0.263. The predicted molar refractivity (Wildman–Crippen MR) is 53.5 cm³/mol. The summed E-state index contributed by atoms with van der Waals surface area (Å²) in [5.74, 6) is 0.560. The summed E-state index contributed by atoms with van der Waals surface area (Å²) in [6.45, 7) is 1.92. The van der Waals surface area contributed by atoms with Gasteiger partial charge in [-0.15, -0.1) is 0 Å². The second-order valence-corrected chi connectivity index (χ2v) is 3.13. The molecule has 2 rings (SSSR count). The number of imidazole rings is 1. The summed E-state index contributed by atoms with van der Waals surface area (Å²) in [5, 5.41) is 0. The Balaban J connectivity index is 2.18. The van der Waals surface area contributed by atoms with Gasteiger partial charge in [-0.1, -0.05) is 6.92 Å². The second-order valence-electron chi connectivity index (χ2n) is 3.13. The molecule has 5 nitrogen and oxygen atoms in total. The molecule has 5 heteroatoms. The van der Waals surface area contributed by atoms with Gasteiger partial charge in [0.05, 0.1) is 6.20 Å². The first-order valence-corrected chi connectivity index (χ1v) is 4.80. The first-order chi connectivity index (χ1) is 7.29. The van der Waals surface area contributed by atoms with Crippen LogP contribution in [-0.2, 0) is 4.79 Å². The number of aromatic nitrogens is 3. The Morgan fingerprint density at radius 2 is 2.47 bits per heavy atom. The van der Waals surface area contributed by atoms with Crippen LogP contribution in [0.5, 0.6) is 5.88 Å². The quantitative estimate of drug-likeness (QED) is 0.711. The molecule has 0 unspecified atom stereocenters. The third-order valence-corrected chi connectivity index (χ3v) is 1.89. The average Bonchev–Trinajstić information content (AvgIpc) is 2.59. The van der Waals surface area contributed by atoms with Gasteiger partial charge in [0.1, 0.15) is 0 Å².